The second-order valence-corrected chi connectivity index (χ2v) is 9.73. The largest absolute Gasteiger partial charge is 0.478 e. The number of imidazole rings is 1. The predicted molar refractivity (Wildman–Crippen MR) is 152 cm³/mol. The van der Waals surface area contributed by atoms with Gasteiger partial charge < -0.3 is 14.6 Å². The van der Waals surface area contributed by atoms with Crippen molar-refractivity contribution >= 4 is 28.7 Å². The molecule has 1 N–H and O–H groups in total. The first kappa shape index (κ1) is 27.0. The Hall–Kier alpha value is -4.00. The molecule has 198 valence electrons. The number of anilines is 1. The number of fused-ring (bicyclic) bond motifs is 1. The number of nitrogens with zero attached hydrogens (tertiary/aromatic N) is 4. The SMILES string of the molecule is CCCCc1nc2cc(N(CCCC)C(C)=O)c(C)nc2n1Cc1ccc(-c2ccccc2C(=O)O)cc1. The molecule has 0 spiro atoms. The van der Waals surface area contributed by atoms with Gasteiger partial charge in [-0.3, -0.25) is 4.79 Å². The van der Waals surface area contributed by atoms with E-state index in [1.807, 2.05) is 54.3 Å². The number of unbranched alkanes of at least 4 members (excludes halogenated alkanes) is 2. The van der Waals surface area contributed by atoms with Gasteiger partial charge >= 0.3 is 5.97 Å². The van der Waals surface area contributed by atoms with Crippen LogP contribution in [0.3, 0.4) is 0 Å². The summed E-state index contributed by atoms with van der Waals surface area (Å²) in [5.74, 6) is 0.0565. The maximum Gasteiger partial charge on any atom is 0.336 e. The molecule has 0 aliphatic rings. The molecule has 0 atom stereocenters. The second-order valence-electron chi connectivity index (χ2n) is 9.73. The summed E-state index contributed by atoms with van der Waals surface area (Å²) in [4.78, 5) is 35.8. The lowest BCUT2D eigenvalue weighted by molar-refractivity contribution is -0.116. The lowest BCUT2D eigenvalue weighted by atomic mass is 9.99. The van der Waals surface area contributed by atoms with Gasteiger partial charge in [-0.15, -0.1) is 0 Å². The predicted octanol–water partition coefficient (Wildman–Crippen LogP) is 6.65. The molecule has 0 unspecified atom stereocenters. The molecule has 0 saturated heterocycles. The van der Waals surface area contributed by atoms with Crippen molar-refractivity contribution in [2.24, 2.45) is 0 Å². The first-order valence-corrected chi connectivity index (χ1v) is 13.4. The summed E-state index contributed by atoms with van der Waals surface area (Å²) in [6.07, 6.45) is 4.87. The summed E-state index contributed by atoms with van der Waals surface area (Å²) in [5, 5.41) is 9.56. The second kappa shape index (κ2) is 12.0. The zero-order valence-corrected chi connectivity index (χ0v) is 22.7. The number of carboxylic acids is 1. The highest BCUT2D eigenvalue weighted by molar-refractivity contribution is 5.96. The normalized spacial score (nSPS) is 11.2. The summed E-state index contributed by atoms with van der Waals surface area (Å²) in [6.45, 7) is 9.11. The molecule has 0 aliphatic carbocycles. The maximum absolute atomic E-state index is 12.4. The first-order valence-electron chi connectivity index (χ1n) is 13.4. The Morgan fingerprint density at radius 2 is 1.68 bits per heavy atom. The van der Waals surface area contributed by atoms with Crippen molar-refractivity contribution < 1.29 is 14.7 Å². The number of carbonyl (C=O) groups excluding carboxylic acids is 1. The molecule has 1 amide bonds. The topological polar surface area (TPSA) is 88.3 Å². The number of hydrogen-bond donors (Lipinski definition) is 1. The number of hydrogen-bond acceptors (Lipinski definition) is 4. The maximum atomic E-state index is 12.4. The number of carboxylic acid groups (broad SMARTS) is 1. The van der Waals surface area contributed by atoms with Crippen LogP contribution in [0.15, 0.2) is 54.6 Å². The van der Waals surface area contributed by atoms with E-state index in [1.54, 1.807) is 19.1 Å². The quantitative estimate of drug-likeness (QED) is 0.243. The van der Waals surface area contributed by atoms with E-state index in [-0.39, 0.29) is 11.5 Å². The van der Waals surface area contributed by atoms with Crippen LogP contribution in [0.2, 0.25) is 0 Å². The van der Waals surface area contributed by atoms with Crippen LogP contribution >= 0.6 is 0 Å². The van der Waals surface area contributed by atoms with Crippen molar-refractivity contribution in [1.29, 1.82) is 0 Å². The van der Waals surface area contributed by atoms with Crippen LogP contribution in [0.5, 0.6) is 0 Å². The molecule has 0 bridgehead atoms. The zero-order valence-electron chi connectivity index (χ0n) is 22.7. The van der Waals surface area contributed by atoms with Gasteiger partial charge in [-0.05, 0) is 48.6 Å². The molecule has 38 heavy (non-hydrogen) atoms. The van der Waals surface area contributed by atoms with E-state index in [9.17, 15) is 14.7 Å². The average Bonchev–Trinajstić information content (AvgIpc) is 3.23. The lowest BCUT2D eigenvalue weighted by Gasteiger charge is -2.22. The summed E-state index contributed by atoms with van der Waals surface area (Å²) >= 11 is 0. The first-order chi connectivity index (χ1) is 18.3. The van der Waals surface area contributed by atoms with E-state index in [1.165, 1.54) is 0 Å². The summed E-state index contributed by atoms with van der Waals surface area (Å²) in [6, 6.07) is 17.1. The molecular weight excluding hydrogens is 476 g/mol. The number of pyridine rings is 1. The van der Waals surface area contributed by atoms with Crippen LogP contribution in [0.25, 0.3) is 22.3 Å². The van der Waals surface area contributed by atoms with Crippen LogP contribution in [0.1, 0.15) is 73.9 Å². The molecule has 0 fully saturated rings. The molecular formula is C31H36N4O3. The van der Waals surface area contributed by atoms with Crippen molar-refractivity contribution in [1.82, 2.24) is 14.5 Å². The Balaban J connectivity index is 1.71. The minimum absolute atomic E-state index is 0.0119. The van der Waals surface area contributed by atoms with Gasteiger partial charge in [-0.2, -0.15) is 0 Å². The van der Waals surface area contributed by atoms with E-state index in [0.29, 0.717) is 18.7 Å². The summed E-state index contributed by atoms with van der Waals surface area (Å²) < 4.78 is 2.17. The van der Waals surface area contributed by atoms with E-state index in [4.69, 9.17) is 9.97 Å². The van der Waals surface area contributed by atoms with Gasteiger partial charge in [-0.1, -0.05) is 69.2 Å². The van der Waals surface area contributed by atoms with Crippen LogP contribution < -0.4 is 4.90 Å². The molecule has 2 aromatic heterocycles. The minimum Gasteiger partial charge on any atom is -0.478 e. The Labute approximate surface area is 224 Å². The van der Waals surface area contributed by atoms with Gasteiger partial charge in [0.25, 0.3) is 0 Å². The standard InChI is InChI=1S/C31H36N4O3/c1-5-7-13-29-33-27-19-28(34(22(4)36)18-8-6-2)21(3)32-30(27)35(29)20-23-14-16-24(17-15-23)25-11-9-10-12-26(25)31(37)38/h9-12,14-17,19H,5-8,13,18,20H2,1-4H3,(H,37,38). The monoisotopic (exact) mass is 512 g/mol. The molecule has 4 rings (SSSR count). The van der Waals surface area contributed by atoms with Gasteiger partial charge in [0.1, 0.15) is 11.3 Å². The van der Waals surface area contributed by atoms with Crippen molar-refractivity contribution in [3.63, 3.8) is 0 Å². The van der Waals surface area contributed by atoms with Gasteiger partial charge in [-0.25, -0.2) is 14.8 Å². The number of aromatic carboxylic acids is 1. The Morgan fingerprint density at radius 1 is 0.974 bits per heavy atom. The molecule has 7 heteroatoms. The van der Waals surface area contributed by atoms with Gasteiger partial charge in [0.2, 0.25) is 5.91 Å². The summed E-state index contributed by atoms with van der Waals surface area (Å²) in [5.41, 5.74) is 6.18. The third-order valence-corrected chi connectivity index (χ3v) is 6.89. The zero-order chi connectivity index (χ0) is 27.2. The van der Waals surface area contributed by atoms with E-state index < -0.39 is 5.97 Å². The van der Waals surface area contributed by atoms with E-state index in [2.05, 4.69) is 18.4 Å². The highest BCUT2D eigenvalue weighted by Crippen LogP contribution is 2.28. The van der Waals surface area contributed by atoms with Crippen molar-refractivity contribution in [3.8, 4) is 11.1 Å². The van der Waals surface area contributed by atoms with Crippen LogP contribution in [-0.4, -0.2) is 38.1 Å². The molecule has 7 nitrogen and oxygen atoms in total. The van der Waals surface area contributed by atoms with Gasteiger partial charge in [0.15, 0.2) is 5.65 Å². The molecule has 2 heterocycles. The third-order valence-electron chi connectivity index (χ3n) is 6.89. The van der Waals surface area contributed by atoms with Gasteiger partial charge in [0.05, 0.1) is 23.5 Å². The van der Waals surface area contributed by atoms with Crippen molar-refractivity contribution in [3.05, 3.63) is 77.2 Å². The Bertz CT molecular complexity index is 1440. The smallest absolute Gasteiger partial charge is 0.336 e. The van der Waals surface area contributed by atoms with Crippen LogP contribution in [0.4, 0.5) is 5.69 Å². The number of rotatable bonds is 11. The Kier molecular flexibility index (Phi) is 8.56. The number of carbonyl (C=O) groups is 2. The molecule has 2 aromatic carbocycles. The van der Waals surface area contributed by atoms with E-state index >= 15 is 0 Å². The van der Waals surface area contributed by atoms with Crippen molar-refractivity contribution in [2.75, 3.05) is 11.4 Å². The highest BCUT2D eigenvalue weighted by Gasteiger charge is 2.20. The number of benzene rings is 2. The molecule has 0 saturated carbocycles. The number of aryl methyl sites for hydroxylation is 2. The van der Waals surface area contributed by atoms with E-state index in [0.717, 1.165) is 71.6 Å². The van der Waals surface area contributed by atoms with Crippen LogP contribution in [0, 0.1) is 6.92 Å². The average molecular weight is 513 g/mol. The number of aromatic nitrogens is 3. The molecule has 0 radical (unpaired) electrons. The summed E-state index contributed by atoms with van der Waals surface area (Å²) in [7, 11) is 0. The van der Waals surface area contributed by atoms with Gasteiger partial charge in [0, 0.05) is 19.9 Å². The fourth-order valence-corrected chi connectivity index (χ4v) is 4.80. The molecule has 4 aromatic rings. The lowest BCUT2D eigenvalue weighted by Crippen LogP contribution is -2.30. The van der Waals surface area contributed by atoms with Crippen LogP contribution in [-0.2, 0) is 17.8 Å². The Morgan fingerprint density at radius 3 is 2.34 bits per heavy atom. The molecule has 0 aliphatic heterocycles. The fraction of sp³-hybridized carbons (Fsp3) is 0.355. The van der Waals surface area contributed by atoms with Crippen molar-refractivity contribution in [2.45, 2.75) is 66.3 Å². The third kappa shape index (κ3) is 5.77. The fourth-order valence-electron chi connectivity index (χ4n) is 4.80. The minimum atomic E-state index is -0.936. The number of amides is 1. The highest BCUT2D eigenvalue weighted by atomic mass is 16.4.